The van der Waals surface area contributed by atoms with Gasteiger partial charge in [0.2, 0.25) is 5.65 Å². The van der Waals surface area contributed by atoms with E-state index in [1.165, 1.54) is 22.7 Å². The average Bonchev–Trinajstić information content (AvgIpc) is 3.22. The molecule has 34 heavy (non-hydrogen) atoms. The Morgan fingerprint density at radius 1 is 1.18 bits per heavy atom. The molecule has 1 fully saturated rings. The van der Waals surface area contributed by atoms with Crippen LogP contribution in [0.4, 0.5) is 24.7 Å². The van der Waals surface area contributed by atoms with Crippen LogP contribution in [0.3, 0.4) is 0 Å². The summed E-state index contributed by atoms with van der Waals surface area (Å²) in [6.45, 7) is 1.13. The van der Waals surface area contributed by atoms with Gasteiger partial charge < -0.3 is 24.4 Å². The first kappa shape index (κ1) is 22.5. The Morgan fingerprint density at radius 3 is 2.68 bits per heavy atom. The summed E-state index contributed by atoms with van der Waals surface area (Å²) >= 11 is 0. The largest absolute Gasteiger partial charge is 0.573 e. The predicted molar refractivity (Wildman–Crippen MR) is 118 cm³/mol. The van der Waals surface area contributed by atoms with Crippen LogP contribution in [0.25, 0.3) is 17.0 Å². The maximum Gasteiger partial charge on any atom is 0.573 e. The molecule has 3 aromatic rings. The number of likely N-dealkylation sites (N-methyl/N-ethyl adjacent to an activating group) is 1. The van der Waals surface area contributed by atoms with Crippen molar-refractivity contribution >= 4 is 17.2 Å². The van der Waals surface area contributed by atoms with Gasteiger partial charge in [0.25, 0.3) is 0 Å². The van der Waals surface area contributed by atoms with Crippen LogP contribution in [-0.4, -0.2) is 70.7 Å². The monoisotopic (exact) mass is 478 g/mol. The summed E-state index contributed by atoms with van der Waals surface area (Å²) in [5.41, 5.74) is 1.55. The normalized spacial score (nSPS) is 20.7. The van der Waals surface area contributed by atoms with Crippen LogP contribution in [0.5, 0.6) is 11.5 Å². The van der Waals surface area contributed by atoms with Gasteiger partial charge in [-0.2, -0.15) is 4.52 Å². The van der Waals surface area contributed by atoms with Gasteiger partial charge in [-0.3, -0.25) is 0 Å². The van der Waals surface area contributed by atoms with Gasteiger partial charge in [-0.05, 0) is 37.8 Å². The van der Waals surface area contributed by atoms with Crippen LogP contribution in [-0.2, 0) is 0 Å². The summed E-state index contributed by atoms with van der Waals surface area (Å²) in [7, 11) is 3.91. The minimum atomic E-state index is -4.80. The summed E-state index contributed by atoms with van der Waals surface area (Å²) in [6.07, 6.45) is -2.00. The molecule has 0 saturated heterocycles. The van der Waals surface area contributed by atoms with Gasteiger partial charge in [0.05, 0.1) is 12.6 Å². The van der Waals surface area contributed by atoms with E-state index in [1.807, 2.05) is 14.1 Å². The SMILES string of the molecule is CN1CCOc2c1c(N(C)[C@H]1CC[C@H](O)CC1)nn1c(-c3cccc(OC(F)(F)F)c3)nnc21. The van der Waals surface area contributed by atoms with Gasteiger partial charge in [0.15, 0.2) is 17.4 Å². The fourth-order valence-corrected chi connectivity index (χ4v) is 4.61. The van der Waals surface area contributed by atoms with E-state index in [0.717, 1.165) is 31.4 Å². The highest BCUT2D eigenvalue weighted by molar-refractivity contribution is 5.82. The Kier molecular flexibility index (Phi) is 5.62. The molecule has 2 aliphatic rings. The molecular weight excluding hydrogens is 453 g/mol. The minimum Gasteiger partial charge on any atom is -0.486 e. The Labute approximate surface area is 193 Å². The van der Waals surface area contributed by atoms with E-state index in [1.54, 1.807) is 6.07 Å². The van der Waals surface area contributed by atoms with Gasteiger partial charge in [-0.25, -0.2) is 0 Å². The highest BCUT2D eigenvalue weighted by Gasteiger charge is 2.33. The third-order valence-electron chi connectivity index (χ3n) is 6.39. The standard InChI is InChI=1S/C22H25F3N6O3/c1-29-10-11-33-18-17(29)20(30(2)14-6-8-15(32)9-7-14)28-31-19(26-27-21(18)31)13-4-3-5-16(12-13)34-22(23,24)25/h3-5,12,14-15,32H,6-11H2,1-2H3/t14-,15-. The number of fused-ring (bicyclic) bond motifs is 3. The van der Waals surface area contributed by atoms with Crippen LogP contribution in [0, 0.1) is 0 Å². The molecule has 2 aromatic heterocycles. The summed E-state index contributed by atoms with van der Waals surface area (Å²) < 4.78 is 49.8. The molecule has 1 aliphatic heterocycles. The van der Waals surface area contributed by atoms with Crippen LogP contribution in [0.1, 0.15) is 25.7 Å². The number of halogens is 3. The fourth-order valence-electron chi connectivity index (χ4n) is 4.61. The van der Waals surface area contributed by atoms with Crippen LogP contribution in [0.2, 0.25) is 0 Å². The molecule has 0 amide bonds. The quantitative estimate of drug-likeness (QED) is 0.612. The fraction of sp³-hybridized carbons (Fsp3) is 0.500. The van der Waals surface area contributed by atoms with Crippen LogP contribution in [0.15, 0.2) is 24.3 Å². The lowest BCUT2D eigenvalue weighted by atomic mass is 9.92. The molecule has 0 unspecified atom stereocenters. The molecule has 0 spiro atoms. The third-order valence-corrected chi connectivity index (χ3v) is 6.39. The Bertz CT molecular complexity index is 1190. The van der Waals surface area contributed by atoms with Crippen molar-refractivity contribution in [3.63, 3.8) is 0 Å². The van der Waals surface area contributed by atoms with E-state index in [-0.39, 0.29) is 23.7 Å². The maximum absolute atomic E-state index is 12.7. The Morgan fingerprint density at radius 2 is 1.94 bits per heavy atom. The number of hydrogen-bond acceptors (Lipinski definition) is 8. The molecule has 1 aliphatic carbocycles. The highest BCUT2D eigenvalue weighted by atomic mass is 19.4. The second-order valence-electron chi connectivity index (χ2n) is 8.68. The highest BCUT2D eigenvalue weighted by Crippen LogP contribution is 2.43. The van der Waals surface area contributed by atoms with Crippen molar-refractivity contribution in [2.24, 2.45) is 0 Å². The smallest absolute Gasteiger partial charge is 0.486 e. The second kappa shape index (κ2) is 8.49. The van der Waals surface area contributed by atoms with E-state index in [4.69, 9.17) is 9.84 Å². The number of ether oxygens (including phenoxy) is 2. The summed E-state index contributed by atoms with van der Waals surface area (Å²) in [4.78, 5) is 4.14. The van der Waals surface area contributed by atoms with Crippen molar-refractivity contribution in [3.8, 4) is 22.9 Å². The number of aliphatic hydroxyl groups excluding tert-OH is 1. The van der Waals surface area contributed by atoms with Gasteiger partial charge in [-0.1, -0.05) is 12.1 Å². The van der Waals surface area contributed by atoms with Crippen molar-refractivity contribution in [1.29, 1.82) is 0 Å². The van der Waals surface area contributed by atoms with Crippen LogP contribution >= 0.6 is 0 Å². The number of nitrogens with zero attached hydrogens (tertiary/aromatic N) is 6. The molecule has 0 atom stereocenters. The molecule has 12 heteroatoms. The summed E-state index contributed by atoms with van der Waals surface area (Å²) in [5, 5.41) is 23.2. The van der Waals surface area contributed by atoms with Crippen molar-refractivity contribution < 1.29 is 27.8 Å². The van der Waals surface area contributed by atoms with Gasteiger partial charge in [-0.15, -0.1) is 28.5 Å². The molecule has 1 N–H and O–H groups in total. The second-order valence-corrected chi connectivity index (χ2v) is 8.68. The number of hydrogen-bond donors (Lipinski definition) is 1. The lowest BCUT2D eigenvalue weighted by Gasteiger charge is -2.37. The number of anilines is 2. The molecule has 1 aromatic carbocycles. The molecule has 182 valence electrons. The van der Waals surface area contributed by atoms with E-state index in [9.17, 15) is 18.3 Å². The molecule has 0 bridgehead atoms. The topological polar surface area (TPSA) is 88.2 Å². The van der Waals surface area contributed by atoms with Crippen molar-refractivity contribution in [3.05, 3.63) is 24.3 Å². The molecule has 3 heterocycles. The number of aliphatic hydroxyl groups is 1. The first-order chi connectivity index (χ1) is 16.2. The Balaban J connectivity index is 1.62. The molecular formula is C22H25F3N6O3. The number of aromatic nitrogens is 4. The van der Waals surface area contributed by atoms with Crippen molar-refractivity contribution in [1.82, 2.24) is 19.8 Å². The minimum absolute atomic E-state index is 0.177. The molecule has 5 rings (SSSR count). The molecule has 0 radical (unpaired) electrons. The first-order valence-electron chi connectivity index (χ1n) is 11.1. The number of alkyl halides is 3. The van der Waals surface area contributed by atoms with Crippen molar-refractivity contribution in [2.45, 2.75) is 44.2 Å². The zero-order valence-electron chi connectivity index (χ0n) is 18.8. The van der Waals surface area contributed by atoms with E-state index in [0.29, 0.717) is 35.9 Å². The molecule has 9 nitrogen and oxygen atoms in total. The van der Waals surface area contributed by atoms with Crippen LogP contribution < -0.4 is 19.3 Å². The van der Waals surface area contributed by atoms with Gasteiger partial charge >= 0.3 is 6.36 Å². The summed E-state index contributed by atoms with van der Waals surface area (Å²) in [6, 6.07) is 5.74. The van der Waals surface area contributed by atoms with E-state index in [2.05, 4.69) is 24.7 Å². The maximum atomic E-state index is 12.7. The zero-order valence-corrected chi connectivity index (χ0v) is 18.8. The predicted octanol–water partition coefficient (Wildman–Crippen LogP) is 3.26. The summed E-state index contributed by atoms with van der Waals surface area (Å²) in [5.74, 6) is 1.11. The number of benzene rings is 1. The lowest BCUT2D eigenvalue weighted by molar-refractivity contribution is -0.274. The average molecular weight is 478 g/mol. The van der Waals surface area contributed by atoms with Gasteiger partial charge in [0, 0.05) is 25.7 Å². The van der Waals surface area contributed by atoms with E-state index >= 15 is 0 Å². The third kappa shape index (κ3) is 4.17. The van der Waals surface area contributed by atoms with Crippen molar-refractivity contribution in [2.75, 3.05) is 37.0 Å². The van der Waals surface area contributed by atoms with E-state index < -0.39 is 6.36 Å². The zero-order chi connectivity index (χ0) is 24.0. The lowest BCUT2D eigenvalue weighted by Crippen LogP contribution is -2.39. The number of rotatable bonds is 4. The van der Waals surface area contributed by atoms with Gasteiger partial charge in [0.1, 0.15) is 18.0 Å². The first-order valence-corrected chi connectivity index (χ1v) is 11.1. The molecule has 1 saturated carbocycles. The Hall–Kier alpha value is -3.28.